The van der Waals surface area contributed by atoms with Gasteiger partial charge in [-0.2, -0.15) is 13.2 Å². The first-order chi connectivity index (χ1) is 15.3. The van der Waals surface area contributed by atoms with Crippen molar-refractivity contribution in [2.45, 2.75) is 19.7 Å². The number of pyridine rings is 1. The summed E-state index contributed by atoms with van der Waals surface area (Å²) in [6, 6.07) is 16.0. The quantitative estimate of drug-likeness (QED) is 0.341. The SMILES string of the molecule is COC(=O)c1nc(OCCOCc2ccccc2)c(-c2cccc(C(F)(F)F)c2)cc1C. The minimum absolute atomic E-state index is 0.0265. The van der Waals surface area contributed by atoms with E-state index in [2.05, 4.69) is 4.98 Å². The lowest BCUT2D eigenvalue weighted by atomic mass is 10.0. The van der Waals surface area contributed by atoms with Gasteiger partial charge in [-0.25, -0.2) is 9.78 Å². The summed E-state index contributed by atoms with van der Waals surface area (Å²) in [7, 11) is 1.22. The second kappa shape index (κ2) is 10.3. The number of carbonyl (C=O) groups is 1. The summed E-state index contributed by atoms with van der Waals surface area (Å²) in [5.74, 6) is -0.637. The Labute approximate surface area is 183 Å². The van der Waals surface area contributed by atoms with Gasteiger partial charge >= 0.3 is 12.1 Å². The second-order valence-electron chi connectivity index (χ2n) is 6.96. The first-order valence-electron chi connectivity index (χ1n) is 9.81. The van der Waals surface area contributed by atoms with Gasteiger partial charge in [0.05, 0.1) is 25.9 Å². The fourth-order valence-electron chi connectivity index (χ4n) is 3.04. The Bertz CT molecular complexity index is 1070. The fourth-order valence-corrected chi connectivity index (χ4v) is 3.04. The zero-order valence-electron chi connectivity index (χ0n) is 17.6. The van der Waals surface area contributed by atoms with Crippen molar-refractivity contribution in [3.63, 3.8) is 0 Å². The summed E-state index contributed by atoms with van der Waals surface area (Å²) < 4.78 is 55.6. The summed E-state index contributed by atoms with van der Waals surface area (Å²) in [6.45, 7) is 2.33. The number of ether oxygens (including phenoxy) is 3. The van der Waals surface area contributed by atoms with E-state index >= 15 is 0 Å². The number of aromatic nitrogens is 1. The van der Waals surface area contributed by atoms with E-state index in [1.165, 1.54) is 19.2 Å². The molecule has 8 heteroatoms. The molecule has 1 heterocycles. The molecule has 1 aromatic heterocycles. The van der Waals surface area contributed by atoms with Gasteiger partial charge in [-0.15, -0.1) is 0 Å². The fraction of sp³-hybridized carbons (Fsp3) is 0.250. The Morgan fingerprint density at radius 2 is 1.75 bits per heavy atom. The first kappa shape index (κ1) is 23.3. The number of methoxy groups -OCH3 is 1. The smallest absolute Gasteiger partial charge is 0.416 e. The van der Waals surface area contributed by atoms with Crippen molar-refractivity contribution >= 4 is 5.97 Å². The molecule has 3 aromatic rings. The highest BCUT2D eigenvalue weighted by Gasteiger charge is 2.31. The van der Waals surface area contributed by atoms with Crippen LogP contribution < -0.4 is 4.74 Å². The molecular weight excluding hydrogens is 423 g/mol. The highest BCUT2D eigenvalue weighted by Crippen LogP contribution is 2.35. The third kappa shape index (κ3) is 5.85. The van der Waals surface area contributed by atoms with Crippen LogP contribution in [0.15, 0.2) is 60.7 Å². The van der Waals surface area contributed by atoms with Crippen LogP contribution in [0.25, 0.3) is 11.1 Å². The number of benzene rings is 2. The maximum absolute atomic E-state index is 13.2. The van der Waals surface area contributed by atoms with Crippen LogP contribution in [0.4, 0.5) is 13.2 Å². The number of carbonyl (C=O) groups excluding carboxylic acids is 1. The molecular formula is C24H22F3NO4. The molecule has 0 radical (unpaired) electrons. The van der Waals surface area contributed by atoms with Crippen molar-refractivity contribution in [2.75, 3.05) is 20.3 Å². The van der Waals surface area contributed by atoms with E-state index in [0.717, 1.165) is 17.7 Å². The number of rotatable bonds is 8. The molecule has 32 heavy (non-hydrogen) atoms. The van der Waals surface area contributed by atoms with E-state index in [1.807, 2.05) is 30.3 Å². The van der Waals surface area contributed by atoms with Crippen LogP contribution in [0, 0.1) is 6.92 Å². The molecule has 3 rings (SSSR count). The predicted molar refractivity (Wildman–Crippen MR) is 112 cm³/mol. The van der Waals surface area contributed by atoms with Crippen molar-refractivity contribution in [3.8, 4) is 17.0 Å². The highest BCUT2D eigenvalue weighted by atomic mass is 19.4. The van der Waals surface area contributed by atoms with E-state index in [0.29, 0.717) is 17.7 Å². The number of aryl methyl sites for hydroxylation is 1. The van der Waals surface area contributed by atoms with E-state index in [4.69, 9.17) is 14.2 Å². The normalized spacial score (nSPS) is 11.3. The van der Waals surface area contributed by atoms with E-state index in [9.17, 15) is 18.0 Å². The number of esters is 1. The average Bonchev–Trinajstić information content (AvgIpc) is 2.79. The van der Waals surface area contributed by atoms with E-state index in [1.54, 1.807) is 13.0 Å². The molecule has 0 amide bonds. The van der Waals surface area contributed by atoms with Crippen molar-refractivity contribution in [3.05, 3.63) is 83.0 Å². The zero-order valence-corrected chi connectivity index (χ0v) is 17.6. The second-order valence-corrected chi connectivity index (χ2v) is 6.96. The molecule has 0 aliphatic rings. The number of nitrogens with zero attached hydrogens (tertiary/aromatic N) is 1. The number of alkyl halides is 3. The largest absolute Gasteiger partial charge is 0.475 e. The van der Waals surface area contributed by atoms with Gasteiger partial charge in [0, 0.05) is 5.56 Å². The van der Waals surface area contributed by atoms with Crippen LogP contribution in [0.2, 0.25) is 0 Å². The summed E-state index contributed by atoms with van der Waals surface area (Å²) in [5, 5.41) is 0. The molecule has 0 N–H and O–H groups in total. The van der Waals surface area contributed by atoms with Crippen molar-refractivity contribution in [2.24, 2.45) is 0 Å². The molecule has 0 saturated carbocycles. The molecule has 0 fully saturated rings. The minimum atomic E-state index is -4.49. The number of hydrogen-bond donors (Lipinski definition) is 0. The van der Waals surface area contributed by atoms with E-state index in [-0.39, 0.29) is 30.4 Å². The van der Waals surface area contributed by atoms with Gasteiger partial charge in [-0.3, -0.25) is 0 Å². The molecule has 0 unspecified atom stereocenters. The van der Waals surface area contributed by atoms with Crippen LogP contribution in [0.3, 0.4) is 0 Å². The van der Waals surface area contributed by atoms with Gasteiger partial charge in [0.15, 0.2) is 5.69 Å². The van der Waals surface area contributed by atoms with Gasteiger partial charge in [0.2, 0.25) is 5.88 Å². The highest BCUT2D eigenvalue weighted by molar-refractivity contribution is 5.90. The topological polar surface area (TPSA) is 57.7 Å². The summed E-state index contributed by atoms with van der Waals surface area (Å²) in [6.07, 6.45) is -4.49. The Morgan fingerprint density at radius 1 is 1.00 bits per heavy atom. The van der Waals surface area contributed by atoms with Crippen LogP contribution in [-0.4, -0.2) is 31.3 Å². The number of halogens is 3. The Kier molecular flexibility index (Phi) is 7.48. The Hall–Kier alpha value is -3.39. The van der Waals surface area contributed by atoms with Gasteiger partial charge in [0.1, 0.15) is 6.61 Å². The Morgan fingerprint density at radius 3 is 2.44 bits per heavy atom. The van der Waals surface area contributed by atoms with Crippen LogP contribution in [-0.2, 0) is 22.3 Å². The molecule has 168 valence electrons. The van der Waals surface area contributed by atoms with Crippen molar-refractivity contribution in [1.82, 2.24) is 4.98 Å². The molecule has 0 saturated heterocycles. The molecule has 0 spiro atoms. The van der Waals surface area contributed by atoms with Gasteiger partial charge in [-0.05, 0) is 41.8 Å². The monoisotopic (exact) mass is 445 g/mol. The minimum Gasteiger partial charge on any atom is -0.475 e. The lowest BCUT2D eigenvalue weighted by Gasteiger charge is -2.15. The lowest BCUT2D eigenvalue weighted by Crippen LogP contribution is -2.12. The zero-order chi connectivity index (χ0) is 23.1. The molecule has 5 nitrogen and oxygen atoms in total. The third-order valence-corrected chi connectivity index (χ3v) is 4.64. The van der Waals surface area contributed by atoms with Crippen LogP contribution in [0.5, 0.6) is 5.88 Å². The summed E-state index contributed by atoms with van der Waals surface area (Å²) in [4.78, 5) is 16.3. The van der Waals surface area contributed by atoms with Gasteiger partial charge in [0.25, 0.3) is 0 Å². The first-order valence-corrected chi connectivity index (χ1v) is 9.81. The molecule has 0 bridgehead atoms. The molecule has 2 aromatic carbocycles. The lowest BCUT2D eigenvalue weighted by molar-refractivity contribution is -0.137. The van der Waals surface area contributed by atoms with Gasteiger partial charge < -0.3 is 14.2 Å². The average molecular weight is 445 g/mol. The summed E-state index contributed by atoms with van der Waals surface area (Å²) >= 11 is 0. The number of hydrogen-bond acceptors (Lipinski definition) is 5. The maximum atomic E-state index is 13.2. The van der Waals surface area contributed by atoms with E-state index < -0.39 is 17.7 Å². The molecule has 0 atom stereocenters. The maximum Gasteiger partial charge on any atom is 0.416 e. The summed E-state index contributed by atoms with van der Waals surface area (Å²) in [5.41, 5.74) is 1.30. The van der Waals surface area contributed by atoms with Crippen molar-refractivity contribution < 1.29 is 32.2 Å². The Balaban J connectivity index is 1.83. The van der Waals surface area contributed by atoms with Crippen LogP contribution >= 0.6 is 0 Å². The van der Waals surface area contributed by atoms with Gasteiger partial charge in [-0.1, -0.05) is 42.5 Å². The van der Waals surface area contributed by atoms with Crippen LogP contribution in [0.1, 0.15) is 27.2 Å². The molecule has 0 aliphatic carbocycles. The molecule has 0 aliphatic heterocycles. The standard InChI is InChI=1S/C24H22F3NO4/c1-16-13-20(18-9-6-10-19(14-18)24(25,26)27)22(28-21(16)23(29)30-2)32-12-11-31-15-17-7-4-3-5-8-17/h3-10,13-14H,11-12,15H2,1-2H3. The third-order valence-electron chi connectivity index (χ3n) is 4.64. The predicted octanol–water partition coefficient (Wildman–Crippen LogP) is 5.46. The van der Waals surface area contributed by atoms with Crippen molar-refractivity contribution in [1.29, 1.82) is 0 Å².